The van der Waals surface area contributed by atoms with E-state index in [2.05, 4.69) is 15.4 Å². The van der Waals surface area contributed by atoms with Crippen LogP contribution in [0.4, 0.5) is 18.9 Å². The molecule has 1 unspecified atom stereocenters. The number of amides is 1. The van der Waals surface area contributed by atoms with Gasteiger partial charge in [-0.2, -0.15) is 22.7 Å². The summed E-state index contributed by atoms with van der Waals surface area (Å²) >= 11 is 0. The van der Waals surface area contributed by atoms with Gasteiger partial charge in [-0.15, -0.1) is 5.10 Å². The average molecular weight is 530 g/mol. The number of ether oxygens (including phenoxy) is 1. The molecule has 0 aliphatic heterocycles. The van der Waals surface area contributed by atoms with Gasteiger partial charge in [-0.25, -0.2) is 0 Å². The maximum atomic E-state index is 12.8. The van der Waals surface area contributed by atoms with Gasteiger partial charge in [-0.1, -0.05) is 24.3 Å². The molecule has 4 aromatic rings. The van der Waals surface area contributed by atoms with Crippen LogP contribution < -0.4 is 10.9 Å². The Morgan fingerprint density at radius 1 is 1.13 bits per heavy atom. The molecule has 0 spiro atoms. The Bertz CT molecular complexity index is 1480. The fourth-order valence-electron chi connectivity index (χ4n) is 3.88. The summed E-state index contributed by atoms with van der Waals surface area (Å²) in [5, 5.41) is 16.9. The van der Waals surface area contributed by atoms with E-state index in [1.807, 2.05) is 19.1 Å². The molecular weight excluding hydrogens is 503 g/mol. The molecule has 4 rings (SSSR count). The smallest absolute Gasteiger partial charge is 0.390 e. The van der Waals surface area contributed by atoms with E-state index in [1.165, 1.54) is 22.8 Å². The summed E-state index contributed by atoms with van der Waals surface area (Å²) in [5.74, 6) is -0.104. The van der Waals surface area contributed by atoms with Crippen molar-refractivity contribution < 1.29 is 27.8 Å². The van der Waals surface area contributed by atoms with E-state index in [1.54, 1.807) is 19.1 Å². The Hall–Kier alpha value is -4.03. The van der Waals surface area contributed by atoms with Crippen LogP contribution in [0.5, 0.6) is 0 Å². The quantitative estimate of drug-likeness (QED) is 0.344. The van der Waals surface area contributed by atoms with Crippen molar-refractivity contribution in [3.05, 3.63) is 81.8 Å². The second-order valence-corrected chi connectivity index (χ2v) is 8.69. The first-order valence-electron chi connectivity index (χ1n) is 11.8. The molecule has 12 heteroatoms. The zero-order chi connectivity index (χ0) is 27.4. The van der Waals surface area contributed by atoms with Gasteiger partial charge in [0, 0.05) is 36.0 Å². The standard InChI is InChI=1S/C26H26F3N5O4/c1-3-38-15-21(35)13-17-4-6-18(7-5-17)24-31-25-33(16(2)12-23(37)34(25)32-24)14-22(36)30-20-10-8-19(9-11-20)26(27,28)29/h4-12,21,35H,3,13-15H2,1-2H3,(H,30,36). The van der Waals surface area contributed by atoms with Crippen molar-refractivity contribution in [3.8, 4) is 11.4 Å². The Morgan fingerprint density at radius 2 is 1.82 bits per heavy atom. The maximum Gasteiger partial charge on any atom is 0.416 e. The normalized spacial score (nSPS) is 12.6. The molecule has 0 bridgehead atoms. The van der Waals surface area contributed by atoms with Crippen molar-refractivity contribution in [2.24, 2.45) is 0 Å². The molecule has 200 valence electrons. The molecule has 1 atom stereocenters. The topological polar surface area (TPSA) is 111 Å². The molecule has 9 nitrogen and oxygen atoms in total. The van der Waals surface area contributed by atoms with Gasteiger partial charge in [-0.3, -0.25) is 9.59 Å². The summed E-state index contributed by atoms with van der Waals surface area (Å²) in [6, 6.07) is 12.6. The van der Waals surface area contributed by atoms with E-state index in [0.717, 1.165) is 22.2 Å². The molecule has 38 heavy (non-hydrogen) atoms. The first kappa shape index (κ1) is 27.0. The summed E-state index contributed by atoms with van der Waals surface area (Å²) in [6.07, 6.45) is -4.69. The number of alkyl halides is 3. The highest BCUT2D eigenvalue weighted by atomic mass is 19.4. The summed E-state index contributed by atoms with van der Waals surface area (Å²) in [5.41, 5.74) is 0.939. The zero-order valence-corrected chi connectivity index (χ0v) is 20.7. The average Bonchev–Trinajstić information content (AvgIpc) is 3.32. The maximum absolute atomic E-state index is 12.8. The Balaban J connectivity index is 1.54. The number of anilines is 1. The van der Waals surface area contributed by atoms with E-state index in [9.17, 15) is 27.9 Å². The summed E-state index contributed by atoms with van der Waals surface area (Å²) < 4.78 is 46.2. The molecule has 1 amide bonds. The number of benzene rings is 2. The first-order valence-corrected chi connectivity index (χ1v) is 11.8. The molecule has 2 N–H and O–H groups in total. The number of hydrogen-bond acceptors (Lipinski definition) is 6. The number of aryl methyl sites for hydroxylation is 1. The second kappa shape index (κ2) is 11.2. The van der Waals surface area contributed by atoms with E-state index in [-0.39, 0.29) is 30.4 Å². The fraction of sp³-hybridized carbons (Fsp3) is 0.308. The van der Waals surface area contributed by atoms with Crippen molar-refractivity contribution in [1.82, 2.24) is 19.2 Å². The van der Waals surface area contributed by atoms with Gasteiger partial charge in [0.2, 0.25) is 11.7 Å². The highest BCUT2D eigenvalue weighted by Gasteiger charge is 2.30. The lowest BCUT2D eigenvalue weighted by molar-refractivity contribution is -0.137. The van der Waals surface area contributed by atoms with E-state index in [4.69, 9.17) is 4.74 Å². The van der Waals surface area contributed by atoms with Gasteiger partial charge in [0.15, 0.2) is 5.82 Å². The molecule has 0 aliphatic carbocycles. The molecule has 0 saturated carbocycles. The first-order chi connectivity index (χ1) is 18.0. The minimum absolute atomic E-state index is 0.142. The van der Waals surface area contributed by atoms with Crippen LogP contribution >= 0.6 is 0 Å². The molecule has 0 radical (unpaired) electrons. The number of rotatable bonds is 9. The van der Waals surface area contributed by atoms with Gasteiger partial charge < -0.3 is 19.7 Å². The summed E-state index contributed by atoms with van der Waals surface area (Å²) in [7, 11) is 0. The largest absolute Gasteiger partial charge is 0.416 e. The molecule has 0 fully saturated rings. The summed E-state index contributed by atoms with van der Waals surface area (Å²) in [4.78, 5) is 29.7. The number of carbonyl (C=O) groups excluding carboxylic acids is 1. The van der Waals surface area contributed by atoms with E-state index < -0.39 is 29.3 Å². The molecule has 0 saturated heterocycles. The van der Waals surface area contributed by atoms with Crippen molar-refractivity contribution in [3.63, 3.8) is 0 Å². The van der Waals surface area contributed by atoms with Gasteiger partial charge >= 0.3 is 6.18 Å². The molecule has 0 aliphatic rings. The molecule has 2 heterocycles. The van der Waals surface area contributed by atoms with E-state index in [0.29, 0.717) is 24.3 Å². The monoisotopic (exact) mass is 529 g/mol. The third kappa shape index (κ3) is 6.26. The molecule has 2 aromatic heterocycles. The van der Waals surface area contributed by atoms with Crippen LogP contribution in [0, 0.1) is 6.92 Å². The van der Waals surface area contributed by atoms with Crippen molar-refractivity contribution in [1.29, 1.82) is 0 Å². The van der Waals surface area contributed by atoms with Crippen molar-refractivity contribution in [2.75, 3.05) is 18.5 Å². The zero-order valence-electron chi connectivity index (χ0n) is 20.7. The predicted molar refractivity (Wildman–Crippen MR) is 134 cm³/mol. The number of aromatic nitrogens is 4. The van der Waals surface area contributed by atoms with Gasteiger partial charge in [-0.05, 0) is 43.7 Å². The number of halogens is 3. The number of carbonyl (C=O) groups is 1. The lowest BCUT2D eigenvalue weighted by atomic mass is 10.1. The Labute approximate surface area is 215 Å². The molecule has 2 aromatic carbocycles. The van der Waals surface area contributed by atoms with Crippen LogP contribution in [0.3, 0.4) is 0 Å². The van der Waals surface area contributed by atoms with Gasteiger partial charge in [0.25, 0.3) is 5.56 Å². The third-order valence-electron chi connectivity index (χ3n) is 5.79. The predicted octanol–water partition coefficient (Wildman–Crippen LogP) is 3.46. The SMILES string of the molecule is CCOCC(O)Cc1ccc(-c2nc3n(CC(=O)Nc4ccc(C(F)(F)F)cc4)c(C)cc(=O)n3n2)cc1. The number of hydrogen-bond donors (Lipinski definition) is 2. The Kier molecular flexibility index (Phi) is 7.93. The van der Waals surface area contributed by atoms with Crippen LogP contribution in [-0.4, -0.2) is 49.5 Å². The molecular formula is C26H26F3N5O4. The second-order valence-electron chi connectivity index (χ2n) is 8.69. The third-order valence-corrected chi connectivity index (χ3v) is 5.79. The lowest BCUT2D eigenvalue weighted by Crippen LogP contribution is -2.25. The number of nitrogens with zero attached hydrogens (tertiary/aromatic N) is 4. The number of aliphatic hydroxyl groups excluding tert-OH is 1. The van der Waals surface area contributed by atoms with Crippen LogP contribution in [0.15, 0.2) is 59.4 Å². The Morgan fingerprint density at radius 3 is 2.45 bits per heavy atom. The van der Waals surface area contributed by atoms with Gasteiger partial charge in [0.05, 0.1) is 18.3 Å². The van der Waals surface area contributed by atoms with Crippen LogP contribution in [0.25, 0.3) is 17.2 Å². The number of fused-ring (bicyclic) bond motifs is 1. The summed E-state index contributed by atoms with van der Waals surface area (Å²) in [6.45, 7) is 4.01. The van der Waals surface area contributed by atoms with Crippen LogP contribution in [0.2, 0.25) is 0 Å². The minimum atomic E-state index is -4.47. The number of nitrogens with one attached hydrogen (secondary N) is 1. The van der Waals surface area contributed by atoms with Crippen molar-refractivity contribution in [2.45, 2.75) is 39.1 Å². The number of aliphatic hydroxyl groups is 1. The van der Waals surface area contributed by atoms with Gasteiger partial charge in [0.1, 0.15) is 6.54 Å². The lowest BCUT2D eigenvalue weighted by Gasteiger charge is -2.12. The fourth-order valence-corrected chi connectivity index (χ4v) is 3.88. The minimum Gasteiger partial charge on any atom is -0.390 e. The highest BCUT2D eigenvalue weighted by molar-refractivity contribution is 5.90. The van der Waals surface area contributed by atoms with E-state index >= 15 is 0 Å². The van der Waals surface area contributed by atoms with Crippen LogP contribution in [0.1, 0.15) is 23.7 Å². The van der Waals surface area contributed by atoms with Crippen LogP contribution in [-0.2, 0) is 28.7 Å². The highest BCUT2D eigenvalue weighted by Crippen LogP contribution is 2.29. The van der Waals surface area contributed by atoms with Crippen molar-refractivity contribution >= 4 is 17.4 Å².